The van der Waals surface area contributed by atoms with Crippen LogP contribution in [0.3, 0.4) is 0 Å². The Bertz CT molecular complexity index is 710. The van der Waals surface area contributed by atoms with Crippen LogP contribution in [0.4, 0.5) is 0 Å². The number of aryl methyl sites for hydroxylation is 2. The molecular formula is C16H17NOS. The number of furan rings is 1. The lowest BCUT2D eigenvalue weighted by Gasteiger charge is -2.13. The van der Waals surface area contributed by atoms with Gasteiger partial charge in [-0.3, -0.25) is 0 Å². The smallest absolute Gasteiger partial charge is 0.134 e. The summed E-state index contributed by atoms with van der Waals surface area (Å²) in [6.07, 6.45) is 0. The molecule has 1 atom stereocenters. The van der Waals surface area contributed by atoms with Crippen LogP contribution in [0.5, 0.6) is 0 Å². The Morgan fingerprint density at radius 2 is 2.00 bits per heavy atom. The van der Waals surface area contributed by atoms with Crippen LogP contribution in [0.15, 0.2) is 40.1 Å². The van der Waals surface area contributed by atoms with Gasteiger partial charge in [0.1, 0.15) is 11.3 Å². The third-order valence-electron chi connectivity index (χ3n) is 3.47. The maximum Gasteiger partial charge on any atom is 0.134 e. The molecular weight excluding hydrogens is 254 g/mol. The van der Waals surface area contributed by atoms with E-state index in [4.69, 9.17) is 4.42 Å². The van der Waals surface area contributed by atoms with Crippen LogP contribution >= 0.6 is 11.3 Å². The zero-order valence-electron chi connectivity index (χ0n) is 11.4. The van der Waals surface area contributed by atoms with Crippen molar-refractivity contribution in [3.8, 4) is 0 Å². The lowest BCUT2D eigenvalue weighted by Crippen LogP contribution is -2.17. The van der Waals surface area contributed by atoms with Crippen LogP contribution in [-0.2, 0) is 0 Å². The predicted molar refractivity (Wildman–Crippen MR) is 80.9 cm³/mol. The van der Waals surface area contributed by atoms with Gasteiger partial charge in [-0.1, -0.05) is 11.6 Å². The van der Waals surface area contributed by atoms with E-state index in [2.05, 4.69) is 48.8 Å². The first-order valence-electron chi connectivity index (χ1n) is 6.40. The first-order valence-corrected chi connectivity index (χ1v) is 7.28. The number of rotatable bonds is 3. The van der Waals surface area contributed by atoms with E-state index in [1.807, 2.05) is 13.1 Å². The first-order chi connectivity index (χ1) is 9.19. The van der Waals surface area contributed by atoms with Crippen molar-refractivity contribution < 1.29 is 4.42 Å². The minimum atomic E-state index is 0.124. The molecule has 0 saturated heterocycles. The normalized spacial score (nSPS) is 13.0. The van der Waals surface area contributed by atoms with Gasteiger partial charge in [-0.25, -0.2) is 0 Å². The Hall–Kier alpha value is -1.58. The van der Waals surface area contributed by atoms with Gasteiger partial charge >= 0.3 is 0 Å². The molecule has 0 saturated carbocycles. The van der Waals surface area contributed by atoms with Crippen molar-refractivity contribution in [2.45, 2.75) is 19.9 Å². The number of fused-ring (bicyclic) bond motifs is 1. The van der Waals surface area contributed by atoms with E-state index >= 15 is 0 Å². The second-order valence-electron chi connectivity index (χ2n) is 4.84. The number of benzene rings is 1. The van der Waals surface area contributed by atoms with Crippen LogP contribution < -0.4 is 5.32 Å². The van der Waals surface area contributed by atoms with Crippen molar-refractivity contribution in [3.63, 3.8) is 0 Å². The van der Waals surface area contributed by atoms with Crippen LogP contribution in [0.25, 0.3) is 11.0 Å². The fraction of sp³-hybridized carbons (Fsp3) is 0.250. The zero-order chi connectivity index (χ0) is 13.4. The molecule has 3 heteroatoms. The minimum Gasteiger partial charge on any atom is -0.459 e. The molecule has 0 aliphatic carbocycles. The zero-order valence-corrected chi connectivity index (χ0v) is 12.2. The molecule has 1 N–H and O–H groups in total. The summed E-state index contributed by atoms with van der Waals surface area (Å²) in [6, 6.07) is 10.7. The number of hydrogen-bond donors (Lipinski definition) is 1. The molecule has 0 fully saturated rings. The van der Waals surface area contributed by atoms with E-state index in [9.17, 15) is 0 Å². The van der Waals surface area contributed by atoms with Gasteiger partial charge in [0.2, 0.25) is 0 Å². The predicted octanol–water partition coefficient (Wildman–Crippen LogP) is 4.42. The van der Waals surface area contributed by atoms with E-state index in [1.165, 1.54) is 21.4 Å². The highest BCUT2D eigenvalue weighted by molar-refractivity contribution is 7.10. The highest BCUT2D eigenvalue weighted by atomic mass is 32.1. The van der Waals surface area contributed by atoms with Gasteiger partial charge in [-0.15, -0.1) is 11.3 Å². The highest BCUT2D eigenvalue weighted by Gasteiger charge is 2.19. The van der Waals surface area contributed by atoms with Crippen molar-refractivity contribution in [3.05, 3.63) is 57.5 Å². The Balaban J connectivity index is 2.09. The van der Waals surface area contributed by atoms with Crippen LogP contribution in [-0.4, -0.2) is 7.05 Å². The van der Waals surface area contributed by atoms with Crippen molar-refractivity contribution in [2.75, 3.05) is 7.05 Å². The van der Waals surface area contributed by atoms with Crippen molar-refractivity contribution in [2.24, 2.45) is 0 Å². The van der Waals surface area contributed by atoms with Gasteiger partial charge in [0.15, 0.2) is 0 Å². The lowest BCUT2D eigenvalue weighted by molar-refractivity contribution is 0.491. The molecule has 3 aromatic rings. The standard InChI is InChI=1S/C16H17NOS/c1-10-4-5-14-12(8-10)9-15(18-14)16(17-3)13-6-7-19-11(13)2/h4-9,16-17H,1-3H3. The molecule has 0 aliphatic heterocycles. The van der Waals surface area contributed by atoms with E-state index in [1.54, 1.807) is 11.3 Å². The maximum absolute atomic E-state index is 6.00. The third kappa shape index (κ3) is 2.20. The van der Waals surface area contributed by atoms with Crippen LogP contribution in [0.2, 0.25) is 0 Å². The van der Waals surface area contributed by atoms with Gasteiger partial charge in [0.25, 0.3) is 0 Å². The monoisotopic (exact) mass is 271 g/mol. The molecule has 3 rings (SSSR count). The molecule has 0 bridgehead atoms. The molecule has 0 aliphatic rings. The lowest BCUT2D eigenvalue weighted by atomic mass is 10.1. The van der Waals surface area contributed by atoms with Crippen LogP contribution in [0, 0.1) is 13.8 Å². The summed E-state index contributed by atoms with van der Waals surface area (Å²) >= 11 is 1.77. The Kier molecular flexibility index (Phi) is 3.17. The summed E-state index contributed by atoms with van der Waals surface area (Å²) in [4.78, 5) is 1.33. The SMILES string of the molecule is CNC(c1cc2cc(C)ccc2o1)c1ccsc1C. The summed E-state index contributed by atoms with van der Waals surface area (Å²) < 4.78 is 6.00. The Morgan fingerprint density at radius 3 is 2.68 bits per heavy atom. The highest BCUT2D eigenvalue weighted by Crippen LogP contribution is 2.31. The summed E-state index contributed by atoms with van der Waals surface area (Å²) in [5.41, 5.74) is 3.50. The van der Waals surface area contributed by atoms with Gasteiger partial charge in [-0.2, -0.15) is 0 Å². The second kappa shape index (κ2) is 4.83. The van der Waals surface area contributed by atoms with E-state index in [-0.39, 0.29) is 6.04 Å². The molecule has 2 aromatic heterocycles. The Morgan fingerprint density at radius 1 is 1.16 bits per heavy atom. The molecule has 98 valence electrons. The Labute approximate surface area is 117 Å². The van der Waals surface area contributed by atoms with E-state index in [0.29, 0.717) is 0 Å². The average Bonchev–Trinajstić information content (AvgIpc) is 2.97. The van der Waals surface area contributed by atoms with Gasteiger partial charge in [0, 0.05) is 10.3 Å². The summed E-state index contributed by atoms with van der Waals surface area (Å²) in [5.74, 6) is 0.976. The van der Waals surface area contributed by atoms with Crippen molar-refractivity contribution in [1.29, 1.82) is 0 Å². The number of hydrogen-bond acceptors (Lipinski definition) is 3. The molecule has 1 unspecified atom stereocenters. The molecule has 0 amide bonds. The summed E-state index contributed by atoms with van der Waals surface area (Å²) in [6.45, 7) is 4.25. The molecule has 2 nitrogen and oxygen atoms in total. The van der Waals surface area contributed by atoms with Gasteiger partial charge < -0.3 is 9.73 Å². The fourth-order valence-corrected chi connectivity index (χ4v) is 3.21. The molecule has 1 aromatic carbocycles. The average molecular weight is 271 g/mol. The fourth-order valence-electron chi connectivity index (χ4n) is 2.47. The molecule has 2 heterocycles. The quantitative estimate of drug-likeness (QED) is 0.763. The third-order valence-corrected chi connectivity index (χ3v) is 4.34. The summed E-state index contributed by atoms with van der Waals surface area (Å²) in [5, 5.41) is 6.65. The minimum absolute atomic E-state index is 0.124. The van der Waals surface area contributed by atoms with Crippen molar-refractivity contribution >= 4 is 22.3 Å². The summed E-state index contributed by atoms with van der Waals surface area (Å²) in [7, 11) is 1.97. The molecule has 0 spiro atoms. The van der Waals surface area contributed by atoms with E-state index < -0.39 is 0 Å². The molecule has 19 heavy (non-hydrogen) atoms. The van der Waals surface area contributed by atoms with Gasteiger partial charge in [0.05, 0.1) is 6.04 Å². The molecule has 0 radical (unpaired) electrons. The van der Waals surface area contributed by atoms with Crippen molar-refractivity contribution in [1.82, 2.24) is 5.32 Å². The second-order valence-corrected chi connectivity index (χ2v) is 5.96. The van der Waals surface area contributed by atoms with Gasteiger partial charge in [-0.05, 0) is 56.1 Å². The number of nitrogens with one attached hydrogen (secondary N) is 1. The van der Waals surface area contributed by atoms with E-state index in [0.717, 1.165) is 11.3 Å². The topological polar surface area (TPSA) is 25.2 Å². The van der Waals surface area contributed by atoms with Crippen LogP contribution in [0.1, 0.15) is 27.8 Å². The first kappa shape index (κ1) is 12.5. The maximum atomic E-state index is 6.00. The largest absolute Gasteiger partial charge is 0.459 e. The number of thiophene rings is 1.